The molecular weight excluding hydrogens is 236 g/mol. The van der Waals surface area contributed by atoms with Gasteiger partial charge in [-0.1, -0.05) is 5.16 Å². The second-order valence-electron chi connectivity index (χ2n) is 3.49. The molecule has 2 heterocycles. The molecule has 0 fully saturated rings. The molecule has 4 N–H and O–H groups in total. The predicted octanol–water partition coefficient (Wildman–Crippen LogP) is -0.0114. The van der Waals surface area contributed by atoms with Crippen LogP contribution in [0, 0.1) is 6.92 Å². The van der Waals surface area contributed by atoms with Crippen LogP contribution in [0.5, 0.6) is 0 Å². The number of pyridine rings is 1. The van der Waals surface area contributed by atoms with Gasteiger partial charge in [0, 0.05) is 13.1 Å². The van der Waals surface area contributed by atoms with Crippen LogP contribution in [-0.2, 0) is 6.54 Å². The molecule has 94 valence electrons. The fourth-order valence-electron chi connectivity index (χ4n) is 1.29. The standard InChI is InChI=1S/C10H12N6O2/c1-6-14-9(16-18-6)5-13-10(17)7-2-3-8(15-11)12-4-7/h2-4H,5,11H2,1H3,(H,12,15)(H,13,17). The van der Waals surface area contributed by atoms with Gasteiger partial charge < -0.3 is 15.3 Å². The van der Waals surface area contributed by atoms with Gasteiger partial charge in [0.1, 0.15) is 5.82 Å². The van der Waals surface area contributed by atoms with Crippen LogP contribution >= 0.6 is 0 Å². The van der Waals surface area contributed by atoms with Gasteiger partial charge >= 0.3 is 0 Å². The number of amides is 1. The smallest absolute Gasteiger partial charge is 0.253 e. The predicted molar refractivity (Wildman–Crippen MR) is 62.3 cm³/mol. The average molecular weight is 248 g/mol. The Bertz CT molecular complexity index is 536. The van der Waals surface area contributed by atoms with Crippen molar-refractivity contribution in [1.29, 1.82) is 0 Å². The van der Waals surface area contributed by atoms with E-state index in [2.05, 4.69) is 25.9 Å². The van der Waals surface area contributed by atoms with Crippen LogP contribution < -0.4 is 16.6 Å². The summed E-state index contributed by atoms with van der Waals surface area (Å²) in [5, 5.41) is 6.32. The highest BCUT2D eigenvalue weighted by Crippen LogP contribution is 2.03. The number of aromatic nitrogens is 3. The van der Waals surface area contributed by atoms with Gasteiger partial charge in [0.15, 0.2) is 5.82 Å². The highest BCUT2D eigenvalue weighted by atomic mass is 16.5. The Morgan fingerprint density at radius 2 is 2.33 bits per heavy atom. The van der Waals surface area contributed by atoms with Crippen LogP contribution in [0.4, 0.5) is 5.82 Å². The van der Waals surface area contributed by atoms with Gasteiger partial charge in [-0.25, -0.2) is 10.8 Å². The summed E-state index contributed by atoms with van der Waals surface area (Å²) in [5.41, 5.74) is 2.80. The van der Waals surface area contributed by atoms with E-state index >= 15 is 0 Å². The molecule has 2 aromatic heterocycles. The van der Waals surface area contributed by atoms with E-state index in [9.17, 15) is 4.79 Å². The lowest BCUT2D eigenvalue weighted by Crippen LogP contribution is -2.23. The molecule has 0 aromatic carbocycles. The number of nitrogens with one attached hydrogen (secondary N) is 2. The molecule has 0 aliphatic carbocycles. The van der Waals surface area contributed by atoms with Crippen LogP contribution in [0.25, 0.3) is 0 Å². The lowest BCUT2D eigenvalue weighted by atomic mass is 10.2. The Balaban J connectivity index is 1.94. The number of carbonyl (C=O) groups excluding carboxylic acids is 1. The molecule has 18 heavy (non-hydrogen) atoms. The van der Waals surface area contributed by atoms with E-state index in [0.717, 1.165) is 0 Å². The van der Waals surface area contributed by atoms with Gasteiger partial charge in [0.2, 0.25) is 5.89 Å². The maximum absolute atomic E-state index is 11.7. The third kappa shape index (κ3) is 2.80. The number of nitrogen functional groups attached to an aromatic ring is 1. The summed E-state index contributed by atoms with van der Waals surface area (Å²) in [6, 6.07) is 3.21. The van der Waals surface area contributed by atoms with E-state index in [1.807, 2.05) is 0 Å². The van der Waals surface area contributed by atoms with Crippen molar-refractivity contribution in [2.24, 2.45) is 5.84 Å². The molecule has 0 aliphatic rings. The molecular formula is C10H12N6O2. The van der Waals surface area contributed by atoms with Crippen LogP contribution in [0.2, 0.25) is 0 Å². The molecule has 0 unspecified atom stereocenters. The maximum atomic E-state index is 11.7. The number of aryl methyl sites for hydroxylation is 1. The number of anilines is 1. The number of hydrogen-bond donors (Lipinski definition) is 3. The fourth-order valence-corrected chi connectivity index (χ4v) is 1.29. The van der Waals surface area contributed by atoms with E-state index in [0.29, 0.717) is 23.1 Å². The Hall–Kier alpha value is -2.48. The largest absolute Gasteiger partial charge is 0.345 e. The number of hydrogen-bond acceptors (Lipinski definition) is 7. The zero-order valence-electron chi connectivity index (χ0n) is 9.67. The van der Waals surface area contributed by atoms with Crippen LogP contribution in [0.3, 0.4) is 0 Å². The summed E-state index contributed by atoms with van der Waals surface area (Å²) in [6.45, 7) is 1.88. The summed E-state index contributed by atoms with van der Waals surface area (Å²) in [7, 11) is 0. The quantitative estimate of drug-likeness (QED) is 0.514. The first-order valence-electron chi connectivity index (χ1n) is 5.19. The first-order chi connectivity index (χ1) is 8.69. The number of hydrazine groups is 1. The molecule has 0 saturated heterocycles. The van der Waals surface area contributed by atoms with E-state index in [1.54, 1.807) is 19.1 Å². The van der Waals surface area contributed by atoms with Crippen LogP contribution in [0.1, 0.15) is 22.1 Å². The summed E-state index contributed by atoms with van der Waals surface area (Å²) in [6.07, 6.45) is 1.42. The van der Waals surface area contributed by atoms with Crippen molar-refractivity contribution >= 4 is 11.7 Å². The SMILES string of the molecule is Cc1nc(CNC(=O)c2ccc(NN)nc2)no1. The Labute approximate surface area is 103 Å². The minimum absolute atomic E-state index is 0.201. The van der Waals surface area contributed by atoms with E-state index < -0.39 is 0 Å². The van der Waals surface area contributed by atoms with Crippen molar-refractivity contribution in [3.05, 3.63) is 35.6 Å². The normalized spacial score (nSPS) is 10.1. The van der Waals surface area contributed by atoms with E-state index in [1.165, 1.54) is 6.20 Å². The van der Waals surface area contributed by atoms with Crippen LogP contribution in [0.15, 0.2) is 22.9 Å². The monoisotopic (exact) mass is 248 g/mol. The van der Waals surface area contributed by atoms with E-state index in [-0.39, 0.29) is 12.5 Å². The minimum atomic E-state index is -0.270. The third-order valence-corrected chi connectivity index (χ3v) is 2.15. The average Bonchev–Trinajstić information content (AvgIpc) is 2.82. The second kappa shape index (κ2) is 5.23. The molecule has 0 aliphatic heterocycles. The number of nitrogens with two attached hydrogens (primary N) is 1. The summed E-state index contributed by atoms with van der Waals surface area (Å²) in [5.74, 6) is 6.27. The zero-order chi connectivity index (χ0) is 13.0. The van der Waals surface area contributed by atoms with Gasteiger partial charge in [-0.15, -0.1) is 0 Å². The number of nitrogens with zero attached hydrogens (tertiary/aromatic N) is 3. The van der Waals surface area contributed by atoms with Crippen molar-refractivity contribution in [1.82, 2.24) is 20.4 Å². The molecule has 0 saturated carbocycles. The fraction of sp³-hybridized carbons (Fsp3) is 0.200. The van der Waals surface area contributed by atoms with Gasteiger partial charge in [-0.2, -0.15) is 4.98 Å². The lowest BCUT2D eigenvalue weighted by molar-refractivity contribution is 0.0949. The number of rotatable bonds is 4. The highest BCUT2D eigenvalue weighted by molar-refractivity contribution is 5.93. The Morgan fingerprint density at radius 1 is 1.50 bits per heavy atom. The Morgan fingerprint density at radius 3 is 2.89 bits per heavy atom. The topological polar surface area (TPSA) is 119 Å². The zero-order valence-corrected chi connectivity index (χ0v) is 9.67. The summed E-state index contributed by atoms with van der Waals surface area (Å²) in [4.78, 5) is 19.6. The molecule has 2 aromatic rings. The van der Waals surface area contributed by atoms with Gasteiger partial charge in [-0.05, 0) is 12.1 Å². The molecule has 0 spiro atoms. The summed E-state index contributed by atoms with van der Waals surface area (Å²) >= 11 is 0. The lowest BCUT2D eigenvalue weighted by Gasteiger charge is -2.03. The molecule has 0 atom stereocenters. The first-order valence-corrected chi connectivity index (χ1v) is 5.19. The van der Waals surface area contributed by atoms with Crippen molar-refractivity contribution in [2.45, 2.75) is 13.5 Å². The van der Waals surface area contributed by atoms with Crippen molar-refractivity contribution in [3.63, 3.8) is 0 Å². The summed E-state index contributed by atoms with van der Waals surface area (Å²) < 4.78 is 4.79. The Kier molecular flexibility index (Phi) is 3.49. The van der Waals surface area contributed by atoms with Gasteiger partial charge in [0.05, 0.1) is 12.1 Å². The molecule has 8 nitrogen and oxygen atoms in total. The molecule has 0 radical (unpaired) electrons. The van der Waals surface area contributed by atoms with Crippen molar-refractivity contribution in [2.75, 3.05) is 5.43 Å². The van der Waals surface area contributed by atoms with E-state index in [4.69, 9.17) is 10.4 Å². The first kappa shape index (κ1) is 12.0. The van der Waals surface area contributed by atoms with Crippen molar-refractivity contribution in [3.8, 4) is 0 Å². The second-order valence-corrected chi connectivity index (χ2v) is 3.49. The van der Waals surface area contributed by atoms with Crippen LogP contribution in [-0.4, -0.2) is 21.0 Å². The molecule has 8 heteroatoms. The maximum Gasteiger partial charge on any atom is 0.253 e. The van der Waals surface area contributed by atoms with Gasteiger partial charge in [0.25, 0.3) is 5.91 Å². The molecule has 2 rings (SSSR count). The highest BCUT2D eigenvalue weighted by Gasteiger charge is 2.08. The van der Waals surface area contributed by atoms with Gasteiger partial charge in [-0.3, -0.25) is 4.79 Å². The molecule has 1 amide bonds. The van der Waals surface area contributed by atoms with Crippen molar-refractivity contribution < 1.29 is 9.32 Å². The molecule has 0 bridgehead atoms. The number of carbonyl (C=O) groups is 1. The third-order valence-electron chi connectivity index (χ3n) is 2.15. The minimum Gasteiger partial charge on any atom is -0.345 e.